The quantitative estimate of drug-likeness (QED) is 0.304. The Hall–Kier alpha value is -0.230. The second-order valence-electron chi connectivity index (χ2n) is 14.1. The maximum absolute atomic E-state index is 7.40. The summed E-state index contributed by atoms with van der Waals surface area (Å²) in [6.45, 7) is 23.9. The normalized spacial score (nSPS) is 54.6. The maximum Gasteiger partial charge on any atom is 0.0375 e. The second kappa shape index (κ2) is 6.42. The van der Waals surface area contributed by atoms with Crippen LogP contribution in [-0.2, 0) is 0 Å². The van der Waals surface area contributed by atoms with Gasteiger partial charge >= 0.3 is 0 Å². The van der Waals surface area contributed by atoms with Crippen molar-refractivity contribution in [3.05, 3.63) is 24.3 Å². The van der Waals surface area contributed by atoms with Crippen LogP contribution in [-0.4, -0.2) is 5.38 Å². The number of hydrogen-bond donors (Lipinski definition) is 0. The Bertz CT molecular complexity index is 772. The third-order valence-electron chi connectivity index (χ3n) is 11.7. The van der Waals surface area contributed by atoms with E-state index < -0.39 is 0 Å². The van der Waals surface area contributed by atoms with Gasteiger partial charge in [0.25, 0.3) is 0 Å². The van der Waals surface area contributed by atoms with Crippen LogP contribution < -0.4 is 0 Å². The molecule has 0 bridgehead atoms. The molecule has 5 aliphatic rings. The van der Waals surface area contributed by atoms with Crippen molar-refractivity contribution >= 4 is 11.6 Å². The number of alkyl halides is 1. The minimum absolute atomic E-state index is 0.230. The highest BCUT2D eigenvalue weighted by Crippen LogP contribution is 2.77. The van der Waals surface area contributed by atoms with Gasteiger partial charge in [0.2, 0.25) is 0 Å². The number of fused-ring (bicyclic) bond motifs is 7. The van der Waals surface area contributed by atoms with Crippen molar-refractivity contribution in [2.24, 2.45) is 57.2 Å². The molecule has 9 unspecified atom stereocenters. The van der Waals surface area contributed by atoms with Gasteiger partial charge in [-0.1, -0.05) is 65.8 Å². The fourth-order valence-electron chi connectivity index (χ4n) is 9.40. The van der Waals surface area contributed by atoms with Gasteiger partial charge in [0, 0.05) is 5.38 Å². The number of hydrogen-bond acceptors (Lipinski definition) is 0. The Balaban J connectivity index is 1.41. The van der Waals surface area contributed by atoms with Crippen LogP contribution >= 0.6 is 11.6 Å². The highest BCUT2D eigenvalue weighted by Gasteiger charge is 2.70. The minimum atomic E-state index is 0.230. The summed E-state index contributed by atoms with van der Waals surface area (Å²) in [5.41, 5.74) is 4.49. The first kappa shape index (κ1) is 21.6. The van der Waals surface area contributed by atoms with E-state index in [4.69, 9.17) is 11.6 Å². The van der Waals surface area contributed by atoms with Crippen LogP contribution in [0, 0.1) is 57.2 Å². The Kier molecular flexibility index (Phi) is 4.63. The van der Waals surface area contributed by atoms with Gasteiger partial charge in [0.05, 0.1) is 0 Å². The average molecular weight is 429 g/mol. The molecule has 10 atom stereocenters. The van der Waals surface area contributed by atoms with Crippen molar-refractivity contribution < 1.29 is 0 Å². The van der Waals surface area contributed by atoms with E-state index in [-0.39, 0.29) is 5.41 Å². The SMILES string of the molecule is C=C(CC1CCC2(C)C3CCC4(C)C(=C)C5CC5C4C3[C@H](Cl)CC2(C)C1)C(C)(C)C. The summed E-state index contributed by atoms with van der Waals surface area (Å²) in [6.07, 6.45) is 10.7. The molecule has 168 valence electrons. The summed E-state index contributed by atoms with van der Waals surface area (Å²) in [5.74, 6) is 4.90. The molecule has 0 saturated heterocycles. The van der Waals surface area contributed by atoms with E-state index >= 15 is 0 Å². The van der Waals surface area contributed by atoms with E-state index in [0.717, 1.165) is 35.5 Å². The van der Waals surface area contributed by atoms with Gasteiger partial charge in [-0.05, 0) is 109 Å². The predicted octanol–water partition coefficient (Wildman–Crippen LogP) is 8.66. The topological polar surface area (TPSA) is 0 Å². The van der Waals surface area contributed by atoms with Crippen molar-refractivity contribution in [2.45, 2.75) is 98.3 Å². The molecule has 0 aromatic carbocycles. The second-order valence-corrected chi connectivity index (χ2v) is 14.6. The zero-order valence-electron chi connectivity index (χ0n) is 20.5. The van der Waals surface area contributed by atoms with Crippen LogP contribution in [0.25, 0.3) is 0 Å². The lowest BCUT2D eigenvalue weighted by Crippen LogP contribution is -2.61. The maximum atomic E-state index is 7.40. The van der Waals surface area contributed by atoms with Crippen LogP contribution in [0.3, 0.4) is 0 Å². The van der Waals surface area contributed by atoms with Crippen molar-refractivity contribution in [3.8, 4) is 0 Å². The van der Waals surface area contributed by atoms with Crippen LogP contribution in [0.5, 0.6) is 0 Å². The van der Waals surface area contributed by atoms with Gasteiger partial charge in [-0.15, -0.1) is 11.6 Å². The summed E-state index contributed by atoms with van der Waals surface area (Å²) < 4.78 is 0. The molecular weight excluding hydrogens is 384 g/mol. The zero-order valence-corrected chi connectivity index (χ0v) is 21.2. The Morgan fingerprint density at radius 1 is 1.10 bits per heavy atom. The Morgan fingerprint density at radius 2 is 1.80 bits per heavy atom. The molecule has 5 saturated carbocycles. The summed E-state index contributed by atoms with van der Waals surface area (Å²) in [5, 5.41) is 0.356. The lowest BCUT2D eigenvalue weighted by molar-refractivity contribution is -0.155. The van der Waals surface area contributed by atoms with Gasteiger partial charge in [0.1, 0.15) is 0 Å². The zero-order chi connectivity index (χ0) is 21.9. The Morgan fingerprint density at radius 3 is 2.47 bits per heavy atom. The molecular formula is C29H45Cl. The van der Waals surface area contributed by atoms with Crippen LogP contribution in [0.15, 0.2) is 24.3 Å². The molecule has 0 radical (unpaired) electrons. The van der Waals surface area contributed by atoms with Gasteiger partial charge in [-0.25, -0.2) is 0 Å². The van der Waals surface area contributed by atoms with E-state index in [1.54, 1.807) is 5.57 Å². The fraction of sp³-hybridized carbons (Fsp3) is 0.862. The first-order valence-electron chi connectivity index (χ1n) is 12.8. The predicted molar refractivity (Wildman–Crippen MR) is 130 cm³/mol. The van der Waals surface area contributed by atoms with E-state index in [2.05, 4.69) is 54.7 Å². The van der Waals surface area contributed by atoms with Crippen molar-refractivity contribution in [1.29, 1.82) is 0 Å². The highest BCUT2D eigenvalue weighted by atomic mass is 35.5. The number of allylic oxidation sites excluding steroid dienone is 2. The lowest BCUT2D eigenvalue weighted by Gasteiger charge is -2.67. The molecule has 0 spiro atoms. The largest absolute Gasteiger partial charge is 0.123 e. The van der Waals surface area contributed by atoms with Crippen molar-refractivity contribution in [2.75, 3.05) is 0 Å². The third kappa shape index (κ3) is 2.77. The monoisotopic (exact) mass is 428 g/mol. The Labute approximate surface area is 191 Å². The van der Waals surface area contributed by atoms with E-state index in [1.165, 1.54) is 56.9 Å². The summed E-state index contributed by atoms with van der Waals surface area (Å²) in [4.78, 5) is 0. The van der Waals surface area contributed by atoms with Crippen LogP contribution in [0.2, 0.25) is 0 Å². The molecule has 0 N–H and O–H groups in total. The highest BCUT2D eigenvalue weighted by molar-refractivity contribution is 6.21. The fourth-order valence-corrected chi connectivity index (χ4v) is 10.1. The van der Waals surface area contributed by atoms with E-state index in [0.29, 0.717) is 21.6 Å². The first-order chi connectivity index (χ1) is 13.8. The van der Waals surface area contributed by atoms with Gasteiger partial charge in [-0.2, -0.15) is 0 Å². The molecule has 0 aromatic heterocycles. The number of rotatable bonds is 2. The molecule has 5 rings (SSSR count). The molecule has 0 aliphatic heterocycles. The molecule has 0 nitrogen and oxygen atoms in total. The first-order valence-corrected chi connectivity index (χ1v) is 13.3. The smallest absolute Gasteiger partial charge is 0.0375 e. The van der Waals surface area contributed by atoms with Gasteiger partial charge < -0.3 is 0 Å². The summed E-state index contributed by atoms with van der Waals surface area (Å²) >= 11 is 7.40. The molecule has 0 heterocycles. The van der Waals surface area contributed by atoms with E-state index in [1.807, 2.05) is 0 Å². The lowest BCUT2D eigenvalue weighted by atomic mass is 9.39. The standard InChI is InChI=1S/C29H45Cl/c1-17(26(3,4)5)13-19-9-12-29(8)22-10-11-28(7)18(2)20-14-21(20)25(28)24(22)23(30)16-27(29,6)15-19/h19-25H,1-2,9-16H2,3-8H3/t19?,20?,21?,22?,23-,24?,25?,27?,28?,29?/m1/s1. The molecule has 5 fully saturated rings. The third-order valence-corrected chi connectivity index (χ3v) is 12.2. The molecule has 30 heavy (non-hydrogen) atoms. The molecule has 1 heteroatoms. The number of halogens is 1. The average Bonchev–Trinajstić information content (AvgIpc) is 3.38. The summed E-state index contributed by atoms with van der Waals surface area (Å²) in [7, 11) is 0. The molecule has 0 aromatic rings. The summed E-state index contributed by atoms with van der Waals surface area (Å²) in [6, 6.07) is 0. The molecule has 5 aliphatic carbocycles. The van der Waals surface area contributed by atoms with Crippen LogP contribution in [0.4, 0.5) is 0 Å². The minimum Gasteiger partial charge on any atom is -0.123 e. The van der Waals surface area contributed by atoms with E-state index in [9.17, 15) is 0 Å². The van der Waals surface area contributed by atoms with Crippen LogP contribution in [0.1, 0.15) is 92.9 Å². The molecule has 0 amide bonds. The van der Waals surface area contributed by atoms with Gasteiger partial charge in [-0.3, -0.25) is 0 Å². The van der Waals surface area contributed by atoms with Crippen molar-refractivity contribution in [1.82, 2.24) is 0 Å². The van der Waals surface area contributed by atoms with Gasteiger partial charge in [0.15, 0.2) is 0 Å². The van der Waals surface area contributed by atoms with Crippen molar-refractivity contribution in [3.63, 3.8) is 0 Å².